The van der Waals surface area contributed by atoms with E-state index in [9.17, 15) is 9.90 Å². The Bertz CT molecular complexity index is 964. The fourth-order valence-corrected chi connectivity index (χ4v) is 2.42. The summed E-state index contributed by atoms with van der Waals surface area (Å²) in [7, 11) is 1.53. The number of aromatic amines is 1. The molecule has 7 N–H and O–H groups in total. The second kappa shape index (κ2) is 6.48. The molecule has 0 aliphatic carbocycles. The lowest BCUT2D eigenvalue weighted by Crippen LogP contribution is -2.27. The van der Waals surface area contributed by atoms with Crippen LogP contribution in [0.4, 0.5) is 11.6 Å². The molecular formula is C16H17N7O2. The van der Waals surface area contributed by atoms with Crippen molar-refractivity contribution in [2.45, 2.75) is 0 Å². The van der Waals surface area contributed by atoms with Crippen molar-refractivity contribution < 1.29 is 9.90 Å². The van der Waals surface area contributed by atoms with E-state index in [4.69, 9.17) is 11.1 Å². The molecule has 1 amide bonds. The number of phenols is 1. The normalized spacial score (nSPS) is 10.6. The number of carbonyl (C=O) groups is 1. The monoisotopic (exact) mass is 339 g/mol. The van der Waals surface area contributed by atoms with E-state index in [1.807, 2.05) is 0 Å². The summed E-state index contributed by atoms with van der Waals surface area (Å²) in [5.41, 5.74) is 7.56. The van der Waals surface area contributed by atoms with Crippen molar-refractivity contribution >= 4 is 34.2 Å². The van der Waals surface area contributed by atoms with E-state index in [0.717, 1.165) is 10.9 Å². The van der Waals surface area contributed by atoms with E-state index >= 15 is 0 Å². The van der Waals surface area contributed by atoms with Gasteiger partial charge in [-0.15, -0.1) is 0 Å². The first kappa shape index (κ1) is 16.2. The van der Waals surface area contributed by atoms with Crippen LogP contribution in [0.2, 0.25) is 0 Å². The SMILES string of the molecule is CNC(=O)CNc1ncnc(N)c1C(=N)c1cc2cc(O)ccc2[nH]1. The Balaban J connectivity index is 1.98. The third kappa shape index (κ3) is 3.20. The molecule has 0 saturated carbocycles. The summed E-state index contributed by atoms with van der Waals surface area (Å²) in [6.45, 7) is -0.00614. The first-order chi connectivity index (χ1) is 12.0. The van der Waals surface area contributed by atoms with Gasteiger partial charge in [0.25, 0.3) is 0 Å². The number of nitrogen functional groups attached to an aromatic ring is 1. The average Bonchev–Trinajstić information content (AvgIpc) is 3.02. The minimum absolute atomic E-state index is 0.00614. The van der Waals surface area contributed by atoms with Crippen molar-refractivity contribution in [3.05, 3.63) is 41.9 Å². The number of nitrogens with zero attached hydrogens (tertiary/aromatic N) is 2. The number of nitrogens with one attached hydrogen (secondary N) is 4. The molecule has 9 nitrogen and oxygen atoms in total. The van der Waals surface area contributed by atoms with Crippen molar-refractivity contribution in [1.29, 1.82) is 5.41 Å². The maximum atomic E-state index is 11.4. The molecule has 3 rings (SSSR count). The van der Waals surface area contributed by atoms with Gasteiger partial charge in [-0.1, -0.05) is 0 Å². The number of hydrogen-bond donors (Lipinski definition) is 6. The van der Waals surface area contributed by atoms with Crippen LogP contribution in [0.1, 0.15) is 11.3 Å². The summed E-state index contributed by atoms with van der Waals surface area (Å²) < 4.78 is 0. The van der Waals surface area contributed by atoms with Gasteiger partial charge in [0.1, 0.15) is 23.7 Å². The maximum Gasteiger partial charge on any atom is 0.239 e. The van der Waals surface area contributed by atoms with Crippen LogP contribution in [-0.4, -0.2) is 45.3 Å². The maximum absolute atomic E-state index is 11.4. The lowest BCUT2D eigenvalue weighted by atomic mass is 10.1. The highest BCUT2D eigenvalue weighted by Gasteiger charge is 2.18. The minimum Gasteiger partial charge on any atom is -0.508 e. The van der Waals surface area contributed by atoms with Crippen molar-refractivity contribution in [3.63, 3.8) is 0 Å². The lowest BCUT2D eigenvalue weighted by Gasteiger charge is -2.12. The Morgan fingerprint density at radius 3 is 2.92 bits per heavy atom. The van der Waals surface area contributed by atoms with Gasteiger partial charge in [-0.25, -0.2) is 9.97 Å². The van der Waals surface area contributed by atoms with Crippen LogP contribution in [-0.2, 0) is 4.79 Å². The average molecular weight is 339 g/mol. The summed E-state index contributed by atoms with van der Waals surface area (Å²) in [5, 5.41) is 24.2. The summed E-state index contributed by atoms with van der Waals surface area (Å²) in [5.74, 6) is 0.333. The molecule has 0 spiro atoms. The molecule has 0 fully saturated rings. The number of phenolic OH excluding ortho intramolecular Hbond substituents is 1. The molecular weight excluding hydrogens is 322 g/mol. The van der Waals surface area contributed by atoms with E-state index in [0.29, 0.717) is 17.1 Å². The van der Waals surface area contributed by atoms with E-state index in [1.54, 1.807) is 24.3 Å². The minimum atomic E-state index is -0.226. The van der Waals surface area contributed by atoms with Gasteiger partial charge in [0.15, 0.2) is 0 Å². The predicted molar refractivity (Wildman–Crippen MR) is 94.9 cm³/mol. The van der Waals surface area contributed by atoms with Gasteiger partial charge < -0.3 is 26.5 Å². The largest absolute Gasteiger partial charge is 0.508 e. The molecule has 0 radical (unpaired) electrons. The van der Waals surface area contributed by atoms with E-state index < -0.39 is 0 Å². The van der Waals surface area contributed by atoms with Gasteiger partial charge in [0.05, 0.1) is 23.5 Å². The van der Waals surface area contributed by atoms with Crippen LogP contribution in [0.3, 0.4) is 0 Å². The van der Waals surface area contributed by atoms with Crippen molar-refractivity contribution in [2.24, 2.45) is 0 Å². The highest BCUT2D eigenvalue weighted by molar-refractivity contribution is 6.16. The highest BCUT2D eigenvalue weighted by Crippen LogP contribution is 2.25. The number of likely N-dealkylation sites (N-methyl/N-ethyl adjacent to an activating group) is 1. The Morgan fingerprint density at radius 2 is 2.16 bits per heavy atom. The van der Waals surface area contributed by atoms with E-state index in [2.05, 4.69) is 25.6 Å². The number of aromatic nitrogens is 3. The van der Waals surface area contributed by atoms with Crippen LogP contribution in [0.25, 0.3) is 10.9 Å². The summed E-state index contributed by atoms with van der Waals surface area (Å²) in [4.78, 5) is 22.6. The molecule has 2 heterocycles. The number of aromatic hydroxyl groups is 1. The molecule has 0 saturated heterocycles. The number of fused-ring (bicyclic) bond motifs is 1. The van der Waals surface area contributed by atoms with Crippen molar-refractivity contribution in [1.82, 2.24) is 20.3 Å². The molecule has 0 bridgehead atoms. The lowest BCUT2D eigenvalue weighted by molar-refractivity contribution is -0.118. The molecule has 128 valence electrons. The van der Waals surface area contributed by atoms with Gasteiger partial charge in [-0.05, 0) is 24.3 Å². The molecule has 0 aliphatic heterocycles. The standard InChI is InChI=1S/C16H17N7O2/c1-19-12(25)6-20-16-13(15(18)21-7-22-16)14(17)11-5-8-4-9(24)2-3-10(8)23-11/h2-5,7,17,23-24H,6H2,1H3,(H,19,25)(H3,18,20,21,22). The zero-order valence-electron chi connectivity index (χ0n) is 13.4. The summed E-state index contributed by atoms with van der Waals surface area (Å²) >= 11 is 0. The van der Waals surface area contributed by atoms with Crippen LogP contribution in [0.15, 0.2) is 30.6 Å². The second-order valence-electron chi connectivity index (χ2n) is 5.34. The van der Waals surface area contributed by atoms with Gasteiger partial charge in [0.2, 0.25) is 5.91 Å². The number of anilines is 2. The number of amides is 1. The van der Waals surface area contributed by atoms with Crippen molar-refractivity contribution in [2.75, 3.05) is 24.6 Å². The molecule has 0 atom stereocenters. The van der Waals surface area contributed by atoms with Gasteiger partial charge >= 0.3 is 0 Å². The van der Waals surface area contributed by atoms with Crippen LogP contribution < -0.4 is 16.4 Å². The first-order valence-electron chi connectivity index (χ1n) is 7.45. The number of carbonyl (C=O) groups excluding carboxylic acids is 1. The smallest absolute Gasteiger partial charge is 0.239 e. The number of rotatable bonds is 5. The Morgan fingerprint density at radius 1 is 1.36 bits per heavy atom. The topological polar surface area (TPSA) is 153 Å². The summed E-state index contributed by atoms with van der Waals surface area (Å²) in [6.07, 6.45) is 1.27. The van der Waals surface area contributed by atoms with Gasteiger partial charge in [-0.3, -0.25) is 10.2 Å². The van der Waals surface area contributed by atoms with Crippen LogP contribution in [0, 0.1) is 5.41 Å². The highest BCUT2D eigenvalue weighted by atomic mass is 16.3. The Hall–Kier alpha value is -3.62. The van der Waals surface area contributed by atoms with Gasteiger partial charge in [-0.2, -0.15) is 0 Å². The first-order valence-corrected chi connectivity index (χ1v) is 7.45. The molecule has 0 unspecified atom stereocenters. The molecule has 0 aliphatic rings. The number of H-pyrrole nitrogens is 1. The second-order valence-corrected chi connectivity index (χ2v) is 5.34. The zero-order chi connectivity index (χ0) is 18.0. The summed E-state index contributed by atoms with van der Waals surface area (Å²) in [6, 6.07) is 6.60. The van der Waals surface area contributed by atoms with E-state index in [1.165, 1.54) is 13.4 Å². The molecule has 25 heavy (non-hydrogen) atoms. The van der Waals surface area contributed by atoms with E-state index in [-0.39, 0.29) is 29.7 Å². The quantitative estimate of drug-likeness (QED) is 0.378. The number of hydrogen-bond acceptors (Lipinski definition) is 7. The third-order valence-corrected chi connectivity index (χ3v) is 3.70. The number of nitrogens with two attached hydrogens (primary N) is 1. The third-order valence-electron chi connectivity index (χ3n) is 3.70. The van der Waals surface area contributed by atoms with Crippen LogP contribution >= 0.6 is 0 Å². The zero-order valence-corrected chi connectivity index (χ0v) is 13.4. The fraction of sp³-hybridized carbons (Fsp3) is 0.125. The van der Waals surface area contributed by atoms with Crippen LogP contribution in [0.5, 0.6) is 5.75 Å². The predicted octanol–water partition coefficient (Wildman–Crippen LogP) is 0.820. The molecule has 9 heteroatoms. The fourth-order valence-electron chi connectivity index (χ4n) is 2.42. The molecule has 1 aromatic carbocycles. The van der Waals surface area contributed by atoms with Gasteiger partial charge in [0, 0.05) is 18.0 Å². The Labute approximate surface area is 142 Å². The Kier molecular flexibility index (Phi) is 4.21. The molecule has 3 aromatic rings. The van der Waals surface area contributed by atoms with Crippen molar-refractivity contribution in [3.8, 4) is 5.75 Å². The number of benzene rings is 1. The molecule has 2 aromatic heterocycles.